The van der Waals surface area contributed by atoms with E-state index in [1.807, 2.05) is 6.92 Å². The molecule has 4 nitrogen and oxygen atoms in total. The number of likely N-dealkylation sites (tertiary alicyclic amines) is 1. The van der Waals surface area contributed by atoms with E-state index < -0.39 is 0 Å². The van der Waals surface area contributed by atoms with Crippen molar-refractivity contribution in [3.8, 4) is 0 Å². The van der Waals surface area contributed by atoms with E-state index in [4.69, 9.17) is 10.2 Å². The first kappa shape index (κ1) is 12.6. The maximum Gasteiger partial charge on any atom is 0.194 e. The van der Waals surface area contributed by atoms with Crippen LogP contribution in [0.5, 0.6) is 0 Å². The molecule has 4 heteroatoms. The number of rotatable bonds is 5. The molecule has 0 aromatic carbocycles. The fraction of sp³-hybridized carbons (Fsp3) is 0.769. The van der Waals surface area contributed by atoms with Gasteiger partial charge in [0, 0.05) is 25.4 Å². The van der Waals surface area contributed by atoms with E-state index in [0.29, 0.717) is 5.92 Å². The first-order chi connectivity index (χ1) is 8.17. The van der Waals surface area contributed by atoms with Crippen molar-refractivity contribution < 1.29 is 4.42 Å². The van der Waals surface area contributed by atoms with Crippen molar-refractivity contribution in [2.24, 2.45) is 11.7 Å². The number of nitrogens with zero attached hydrogens (tertiary/aromatic N) is 2. The van der Waals surface area contributed by atoms with Crippen LogP contribution >= 0.6 is 0 Å². The largest absolute Gasteiger partial charge is 0.449 e. The molecule has 0 amide bonds. The Bertz CT molecular complexity index is 348. The Balaban J connectivity index is 1.85. The second kappa shape index (κ2) is 5.65. The normalized spacial score (nSPS) is 23.1. The molecule has 1 aromatic rings. The summed E-state index contributed by atoms with van der Waals surface area (Å²) in [4.78, 5) is 6.98. The summed E-state index contributed by atoms with van der Waals surface area (Å²) >= 11 is 0. The summed E-state index contributed by atoms with van der Waals surface area (Å²) in [5.41, 5.74) is 6.73. The quantitative estimate of drug-likeness (QED) is 0.842. The number of hydrogen-bond acceptors (Lipinski definition) is 4. The third-order valence-electron chi connectivity index (χ3n) is 3.41. The molecule has 2 rings (SSSR count). The molecule has 0 aliphatic carbocycles. The molecular weight excluding hydrogens is 214 g/mol. The lowest BCUT2D eigenvalue weighted by Gasteiger charge is -2.11. The van der Waals surface area contributed by atoms with Gasteiger partial charge in [0.15, 0.2) is 5.89 Å². The zero-order chi connectivity index (χ0) is 12.3. The molecule has 1 aromatic heterocycles. The highest BCUT2D eigenvalue weighted by atomic mass is 16.3. The Morgan fingerprint density at radius 2 is 2.47 bits per heavy atom. The lowest BCUT2D eigenvalue weighted by molar-refractivity contribution is 0.335. The van der Waals surface area contributed by atoms with Gasteiger partial charge in [-0.15, -0.1) is 0 Å². The van der Waals surface area contributed by atoms with Gasteiger partial charge in [-0.25, -0.2) is 4.98 Å². The highest BCUT2D eigenvalue weighted by molar-refractivity contribution is 4.99. The molecule has 2 unspecified atom stereocenters. The second-order valence-electron chi connectivity index (χ2n) is 5.17. The molecule has 1 fully saturated rings. The molecule has 0 radical (unpaired) electrons. The fourth-order valence-corrected chi connectivity index (χ4v) is 2.48. The molecule has 1 aliphatic rings. The maximum atomic E-state index is 5.75. The summed E-state index contributed by atoms with van der Waals surface area (Å²) in [5.74, 6) is 1.58. The molecule has 1 saturated heterocycles. The number of nitrogens with two attached hydrogens (primary N) is 1. The standard InChI is InChI=1S/C13H23N3O/c1-3-16-5-4-11(8-16)7-13-15-12(9-17-13)6-10(2)14/h9-11H,3-8,14H2,1-2H3. The van der Waals surface area contributed by atoms with Crippen molar-refractivity contribution in [1.29, 1.82) is 0 Å². The van der Waals surface area contributed by atoms with Gasteiger partial charge in [-0.1, -0.05) is 6.92 Å². The molecule has 96 valence electrons. The lowest BCUT2D eigenvalue weighted by atomic mass is 10.1. The molecule has 0 saturated carbocycles. The molecule has 0 bridgehead atoms. The van der Waals surface area contributed by atoms with Crippen LogP contribution in [0.2, 0.25) is 0 Å². The van der Waals surface area contributed by atoms with E-state index in [-0.39, 0.29) is 6.04 Å². The van der Waals surface area contributed by atoms with Crippen molar-refractivity contribution in [3.05, 3.63) is 17.8 Å². The summed E-state index contributed by atoms with van der Waals surface area (Å²) in [5, 5.41) is 0. The van der Waals surface area contributed by atoms with E-state index in [1.54, 1.807) is 6.26 Å². The van der Waals surface area contributed by atoms with Gasteiger partial charge in [0.05, 0.1) is 5.69 Å². The third-order valence-corrected chi connectivity index (χ3v) is 3.41. The van der Waals surface area contributed by atoms with E-state index in [0.717, 1.165) is 31.0 Å². The van der Waals surface area contributed by atoms with Gasteiger partial charge in [-0.3, -0.25) is 0 Å². The smallest absolute Gasteiger partial charge is 0.194 e. The molecule has 2 heterocycles. The van der Waals surface area contributed by atoms with Crippen molar-refractivity contribution >= 4 is 0 Å². The highest BCUT2D eigenvalue weighted by Crippen LogP contribution is 2.20. The molecule has 2 N–H and O–H groups in total. The van der Waals surface area contributed by atoms with Crippen molar-refractivity contribution in [1.82, 2.24) is 9.88 Å². The summed E-state index contributed by atoms with van der Waals surface area (Å²) in [6.45, 7) is 7.76. The highest BCUT2D eigenvalue weighted by Gasteiger charge is 2.23. The van der Waals surface area contributed by atoms with Gasteiger partial charge >= 0.3 is 0 Å². The Morgan fingerprint density at radius 1 is 1.65 bits per heavy atom. The van der Waals surface area contributed by atoms with Gasteiger partial charge in [0.25, 0.3) is 0 Å². The van der Waals surface area contributed by atoms with Crippen LogP contribution in [0.15, 0.2) is 10.7 Å². The molecular formula is C13H23N3O. The van der Waals surface area contributed by atoms with Crippen LogP contribution in [0.1, 0.15) is 31.9 Å². The Labute approximate surface area is 103 Å². The second-order valence-corrected chi connectivity index (χ2v) is 5.17. The minimum Gasteiger partial charge on any atom is -0.449 e. The zero-order valence-electron chi connectivity index (χ0n) is 10.9. The number of hydrogen-bond donors (Lipinski definition) is 1. The topological polar surface area (TPSA) is 55.3 Å². The zero-order valence-corrected chi connectivity index (χ0v) is 10.9. The Hall–Kier alpha value is -0.870. The van der Waals surface area contributed by atoms with Crippen LogP contribution in [0.25, 0.3) is 0 Å². The SMILES string of the molecule is CCN1CCC(Cc2nc(CC(C)N)co2)C1. The minimum absolute atomic E-state index is 0.148. The van der Waals surface area contributed by atoms with E-state index in [1.165, 1.54) is 19.5 Å². The Kier molecular flexibility index (Phi) is 4.18. The maximum absolute atomic E-state index is 5.75. The van der Waals surface area contributed by atoms with Crippen molar-refractivity contribution in [2.45, 2.75) is 39.2 Å². The predicted molar refractivity (Wildman–Crippen MR) is 67.8 cm³/mol. The van der Waals surface area contributed by atoms with Gasteiger partial charge in [-0.05, 0) is 32.4 Å². The summed E-state index contributed by atoms with van der Waals surface area (Å²) in [7, 11) is 0. The molecule has 17 heavy (non-hydrogen) atoms. The van der Waals surface area contributed by atoms with Crippen LogP contribution in [-0.2, 0) is 12.8 Å². The van der Waals surface area contributed by atoms with Gasteiger partial charge < -0.3 is 15.1 Å². The van der Waals surface area contributed by atoms with E-state index >= 15 is 0 Å². The van der Waals surface area contributed by atoms with E-state index in [2.05, 4.69) is 16.8 Å². The predicted octanol–water partition coefficient (Wildman–Crippen LogP) is 1.45. The minimum atomic E-state index is 0.148. The molecule has 1 aliphatic heterocycles. The van der Waals surface area contributed by atoms with E-state index in [9.17, 15) is 0 Å². The van der Waals surface area contributed by atoms with Crippen LogP contribution in [0, 0.1) is 5.92 Å². The lowest BCUT2D eigenvalue weighted by Crippen LogP contribution is -2.20. The van der Waals surface area contributed by atoms with Crippen LogP contribution in [-0.4, -0.2) is 35.6 Å². The first-order valence-corrected chi connectivity index (χ1v) is 6.58. The monoisotopic (exact) mass is 237 g/mol. The van der Waals surface area contributed by atoms with Gasteiger partial charge in [0.1, 0.15) is 6.26 Å². The Morgan fingerprint density at radius 3 is 3.12 bits per heavy atom. The molecule has 2 atom stereocenters. The van der Waals surface area contributed by atoms with Crippen LogP contribution in [0.4, 0.5) is 0 Å². The van der Waals surface area contributed by atoms with Gasteiger partial charge in [0.2, 0.25) is 0 Å². The summed E-state index contributed by atoms with van der Waals surface area (Å²) in [6.07, 6.45) is 4.79. The molecule has 0 spiro atoms. The average Bonchev–Trinajstić information content (AvgIpc) is 2.88. The number of aromatic nitrogens is 1. The fourth-order valence-electron chi connectivity index (χ4n) is 2.48. The van der Waals surface area contributed by atoms with Crippen LogP contribution in [0.3, 0.4) is 0 Å². The average molecular weight is 237 g/mol. The van der Waals surface area contributed by atoms with Crippen molar-refractivity contribution in [2.75, 3.05) is 19.6 Å². The summed E-state index contributed by atoms with van der Waals surface area (Å²) < 4.78 is 5.51. The summed E-state index contributed by atoms with van der Waals surface area (Å²) in [6, 6.07) is 0.148. The van der Waals surface area contributed by atoms with Crippen molar-refractivity contribution in [3.63, 3.8) is 0 Å². The number of oxazole rings is 1. The van der Waals surface area contributed by atoms with Gasteiger partial charge in [-0.2, -0.15) is 0 Å². The van der Waals surface area contributed by atoms with Crippen LogP contribution < -0.4 is 5.73 Å². The first-order valence-electron chi connectivity index (χ1n) is 6.58. The third kappa shape index (κ3) is 3.54.